The zero-order valence-electron chi connectivity index (χ0n) is 29.6. The Labute approximate surface area is 326 Å². The third-order valence-corrected chi connectivity index (χ3v) is 14.4. The molecule has 0 unspecified atom stereocenters. The summed E-state index contributed by atoms with van der Waals surface area (Å²) in [5.41, 5.74) is 9.03. The molecule has 0 radical (unpaired) electrons. The summed E-state index contributed by atoms with van der Waals surface area (Å²) >= 11 is 3.63. The average molecular weight is 747 g/mol. The normalized spacial score (nSPS) is 12.6. The monoisotopic (exact) mass is 746 g/mol. The molecule has 0 spiro atoms. The van der Waals surface area contributed by atoms with Crippen LogP contribution in [0.15, 0.2) is 158 Å². The summed E-state index contributed by atoms with van der Waals surface area (Å²) in [5, 5.41) is 13.7. The predicted molar refractivity (Wildman–Crippen MR) is 240 cm³/mol. The summed E-state index contributed by atoms with van der Waals surface area (Å²) < 4.78 is 9.72. The van der Waals surface area contributed by atoms with Crippen molar-refractivity contribution in [3.63, 3.8) is 0 Å². The van der Waals surface area contributed by atoms with Gasteiger partial charge in [-0.2, -0.15) is 0 Å². The van der Waals surface area contributed by atoms with Crippen LogP contribution < -0.4 is 0 Å². The first-order valence-corrected chi connectivity index (χ1v) is 20.5. The van der Waals surface area contributed by atoms with E-state index in [0.717, 1.165) is 37.9 Å². The number of nitrogens with zero attached hydrogens (tertiary/aromatic N) is 4. The highest BCUT2D eigenvalue weighted by Gasteiger charge is 2.25. The number of aromatic nitrogens is 4. The van der Waals surface area contributed by atoms with Gasteiger partial charge in [0, 0.05) is 73.5 Å². The second-order valence-corrected chi connectivity index (χ2v) is 17.0. The molecular weight excluding hydrogens is 721 g/mol. The van der Waals surface area contributed by atoms with Crippen molar-refractivity contribution < 1.29 is 0 Å². The van der Waals surface area contributed by atoms with Gasteiger partial charge in [0.1, 0.15) is 0 Å². The van der Waals surface area contributed by atoms with Gasteiger partial charge in [0.05, 0.1) is 43.5 Å². The quantitative estimate of drug-likeness (QED) is 0.177. The molecule has 0 amide bonds. The van der Waals surface area contributed by atoms with E-state index in [0.29, 0.717) is 5.95 Å². The summed E-state index contributed by atoms with van der Waals surface area (Å²) in [4.78, 5) is 11.2. The number of para-hydroxylation sites is 2. The van der Waals surface area contributed by atoms with Gasteiger partial charge in [-0.1, -0.05) is 121 Å². The lowest BCUT2D eigenvalue weighted by Gasteiger charge is -2.11. The summed E-state index contributed by atoms with van der Waals surface area (Å²) in [6.07, 6.45) is 0. The van der Waals surface area contributed by atoms with Crippen molar-refractivity contribution in [2.24, 2.45) is 0 Å². The molecule has 0 saturated carbocycles. The van der Waals surface area contributed by atoms with E-state index in [1.807, 2.05) is 11.3 Å². The highest BCUT2D eigenvalue weighted by molar-refractivity contribution is 7.26. The molecule has 0 saturated heterocycles. The van der Waals surface area contributed by atoms with Crippen molar-refractivity contribution >= 4 is 134 Å². The molecule has 0 aliphatic rings. The lowest BCUT2D eigenvalue weighted by molar-refractivity contribution is 1.02. The minimum Gasteiger partial charge on any atom is -0.308 e. The number of benzene rings is 8. The van der Waals surface area contributed by atoms with Gasteiger partial charge in [-0.3, -0.25) is 4.57 Å². The summed E-state index contributed by atoms with van der Waals surface area (Å²) in [5.74, 6) is 0.685. The molecule has 8 aromatic carbocycles. The zero-order valence-corrected chi connectivity index (χ0v) is 31.2. The van der Waals surface area contributed by atoms with Crippen LogP contribution in [0.5, 0.6) is 0 Å². The maximum atomic E-state index is 5.64. The van der Waals surface area contributed by atoms with Gasteiger partial charge < -0.3 is 4.40 Å². The zero-order chi connectivity index (χ0) is 36.2. The van der Waals surface area contributed by atoms with Gasteiger partial charge in [0.2, 0.25) is 5.95 Å². The van der Waals surface area contributed by atoms with Gasteiger partial charge in [0.15, 0.2) is 0 Å². The van der Waals surface area contributed by atoms with Crippen molar-refractivity contribution in [1.29, 1.82) is 0 Å². The van der Waals surface area contributed by atoms with Crippen LogP contribution in [0.25, 0.3) is 128 Å². The molecule has 56 heavy (non-hydrogen) atoms. The maximum Gasteiger partial charge on any atom is 0.235 e. The number of thiophene rings is 2. The van der Waals surface area contributed by atoms with Gasteiger partial charge in [-0.25, -0.2) is 9.97 Å². The molecule has 0 N–H and O–H groups in total. The Hall–Kier alpha value is -6.86. The fourth-order valence-corrected chi connectivity index (χ4v) is 12.0. The number of fused-ring (bicyclic) bond motifs is 18. The largest absolute Gasteiger partial charge is 0.308 e. The Balaban J connectivity index is 1.16. The highest BCUT2D eigenvalue weighted by atomic mass is 32.1. The van der Waals surface area contributed by atoms with E-state index in [-0.39, 0.29) is 0 Å². The van der Waals surface area contributed by atoms with Gasteiger partial charge >= 0.3 is 0 Å². The first kappa shape index (κ1) is 29.5. The van der Waals surface area contributed by atoms with Crippen molar-refractivity contribution in [2.45, 2.75) is 0 Å². The molecule has 14 aromatic rings. The van der Waals surface area contributed by atoms with E-state index in [2.05, 4.69) is 167 Å². The van der Waals surface area contributed by atoms with E-state index in [9.17, 15) is 0 Å². The fraction of sp³-hybridized carbons (Fsp3) is 0. The van der Waals surface area contributed by atoms with Crippen molar-refractivity contribution in [2.75, 3.05) is 0 Å². The molecule has 0 aliphatic heterocycles. The second-order valence-electron chi connectivity index (χ2n) is 14.9. The minimum atomic E-state index is 0.685. The molecule has 6 heterocycles. The first-order valence-electron chi connectivity index (χ1n) is 18.9. The second kappa shape index (κ2) is 10.5. The average Bonchev–Trinajstić information content (AvgIpc) is 4.06. The Morgan fingerprint density at radius 3 is 1.98 bits per heavy atom. The molecule has 0 atom stereocenters. The third-order valence-electron chi connectivity index (χ3n) is 12.1. The lowest BCUT2D eigenvalue weighted by Crippen LogP contribution is -2.03. The highest BCUT2D eigenvalue weighted by Crippen LogP contribution is 2.47. The third kappa shape index (κ3) is 3.64. The topological polar surface area (TPSA) is 35.1 Å². The predicted octanol–water partition coefficient (Wildman–Crippen LogP) is 14.3. The molecule has 14 rings (SSSR count). The summed E-state index contributed by atoms with van der Waals surface area (Å²) in [6, 6.07) is 57.7. The van der Waals surface area contributed by atoms with Crippen LogP contribution in [0.3, 0.4) is 0 Å². The van der Waals surface area contributed by atoms with Crippen LogP contribution in [0.2, 0.25) is 0 Å². The fourth-order valence-electron chi connectivity index (χ4n) is 9.74. The summed E-state index contributed by atoms with van der Waals surface area (Å²) in [7, 11) is 0. The first-order chi connectivity index (χ1) is 27.8. The molecule has 0 aliphatic carbocycles. The van der Waals surface area contributed by atoms with Crippen LogP contribution >= 0.6 is 22.7 Å². The Bertz CT molecular complexity index is 4010. The number of hydrogen-bond acceptors (Lipinski definition) is 4. The molecular formula is C50H26N4S2. The van der Waals surface area contributed by atoms with Crippen molar-refractivity contribution in [3.05, 3.63) is 158 Å². The van der Waals surface area contributed by atoms with E-state index < -0.39 is 0 Å². The molecule has 0 bridgehead atoms. The van der Waals surface area contributed by atoms with Crippen LogP contribution in [0.1, 0.15) is 0 Å². The molecule has 6 heteroatoms. The smallest absolute Gasteiger partial charge is 0.235 e. The van der Waals surface area contributed by atoms with Crippen LogP contribution in [0.4, 0.5) is 0 Å². The standard InChI is InChI=1S/C50H26N4S2/c1-2-11-29-27(10-1)20-23-36-44-39(25-24-38-43(44)35-16-9-15-33-30-12-3-6-17-37(30)53(38)48(33)35)54(47(29)36)50-51-45(49-46(52-50)34-14-5-8-19-41(34)56-49)28-21-22-32-31-13-4-7-18-40(31)55-42(32)26-28/h1-26H. The van der Waals surface area contributed by atoms with Crippen LogP contribution in [-0.2, 0) is 0 Å². The minimum absolute atomic E-state index is 0.685. The van der Waals surface area contributed by atoms with Gasteiger partial charge in [0.25, 0.3) is 0 Å². The number of hydrogen-bond donors (Lipinski definition) is 0. The van der Waals surface area contributed by atoms with Gasteiger partial charge in [-0.05, 0) is 41.8 Å². The van der Waals surface area contributed by atoms with E-state index >= 15 is 0 Å². The molecule has 6 aromatic heterocycles. The van der Waals surface area contributed by atoms with E-state index in [1.54, 1.807) is 11.3 Å². The van der Waals surface area contributed by atoms with E-state index in [1.165, 1.54) is 84.5 Å². The Morgan fingerprint density at radius 2 is 1.07 bits per heavy atom. The van der Waals surface area contributed by atoms with E-state index in [4.69, 9.17) is 9.97 Å². The Morgan fingerprint density at radius 1 is 0.411 bits per heavy atom. The maximum absolute atomic E-state index is 5.64. The van der Waals surface area contributed by atoms with Crippen LogP contribution in [-0.4, -0.2) is 18.9 Å². The summed E-state index contributed by atoms with van der Waals surface area (Å²) in [6.45, 7) is 0. The number of rotatable bonds is 2. The molecule has 4 nitrogen and oxygen atoms in total. The molecule has 0 fully saturated rings. The van der Waals surface area contributed by atoms with Crippen molar-refractivity contribution in [1.82, 2.24) is 18.9 Å². The molecule has 258 valence electrons. The lowest BCUT2D eigenvalue weighted by atomic mass is 10.0. The SMILES string of the molecule is c1ccc2c(c1)ccc1c3c4c5cccc6c7ccccc7n(c4ccc3n(-c3nc(-c4ccc7c(c4)sc4ccccc47)c4sc7ccccc7c4n3)c21)c65. The Kier molecular flexibility index (Phi) is 5.51. The van der Waals surface area contributed by atoms with Gasteiger partial charge in [-0.15, -0.1) is 22.7 Å². The van der Waals surface area contributed by atoms with Crippen molar-refractivity contribution in [3.8, 4) is 17.2 Å². The van der Waals surface area contributed by atoms with Crippen LogP contribution in [0, 0.1) is 0 Å².